The average molecular weight is 494 g/mol. The maximum atomic E-state index is 13.8. The van der Waals surface area contributed by atoms with E-state index in [-0.39, 0.29) is 31.0 Å². The molecule has 0 aliphatic heterocycles. The molecule has 0 aliphatic rings. The van der Waals surface area contributed by atoms with Crippen molar-refractivity contribution in [3.63, 3.8) is 0 Å². The lowest BCUT2D eigenvalue weighted by Gasteiger charge is -2.30. The fourth-order valence-electron chi connectivity index (χ4n) is 3.91. The lowest BCUT2D eigenvalue weighted by Crippen LogP contribution is -2.44. The number of hydrogen-bond donors (Lipinski definition) is 1. The summed E-state index contributed by atoms with van der Waals surface area (Å²) < 4.78 is 35.3. The number of halogens is 2. The molecule has 5 nitrogen and oxygen atoms in total. The van der Waals surface area contributed by atoms with E-state index in [1.54, 1.807) is 29.1 Å². The maximum absolute atomic E-state index is 13.8. The molecule has 190 valence electrons. The molecule has 1 N–H and O–H groups in total. The number of ether oxygens (including phenoxy) is 1. The van der Waals surface area contributed by atoms with Gasteiger partial charge in [-0.3, -0.25) is 4.79 Å². The highest BCUT2D eigenvalue weighted by atomic mass is 19.1. The van der Waals surface area contributed by atoms with E-state index in [0.717, 1.165) is 27.7 Å². The Balaban J connectivity index is 0.00000361. The van der Waals surface area contributed by atoms with Gasteiger partial charge in [-0.15, -0.1) is 0 Å². The smallest absolute Gasteiger partial charge is 0.225 e. The normalized spacial score (nSPS) is 13.1. The van der Waals surface area contributed by atoms with Crippen molar-refractivity contribution in [1.82, 2.24) is 15.1 Å². The van der Waals surface area contributed by atoms with Gasteiger partial charge in [-0.05, 0) is 79.6 Å². The van der Waals surface area contributed by atoms with Gasteiger partial charge >= 0.3 is 0 Å². The monoisotopic (exact) mass is 493 g/mol. The van der Waals surface area contributed by atoms with Crippen LogP contribution in [-0.2, 0) is 4.79 Å². The van der Waals surface area contributed by atoms with Crippen LogP contribution in [0.5, 0.6) is 5.75 Å². The van der Waals surface area contributed by atoms with Crippen molar-refractivity contribution in [1.29, 1.82) is 0 Å². The molecule has 0 bridgehead atoms. The molecule has 1 amide bonds. The molecule has 1 aromatic heterocycles. The molecular formula is C29H33F2N3O2. The summed E-state index contributed by atoms with van der Waals surface area (Å²) in [5.74, 6) is -0.155. The molecule has 0 fully saturated rings. The summed E-state index contributed by atoms with van der Waals surface area (Å²) in [6, 6.07) is 15.9. The molecule has 0 spiro atoms. The van der Waals surface area contributed by atoms with Crippen LogP contribution in [0.4, 0.5) is 8.78 Å². The molecular weight excluding hydrogens is 460 g/mol. The van der Waals surface area contributed by atoms with Crippen LogP contribution < -0.4 is 10.1 Å². The minimum Gasteiger partial charge on any atom is -0.484 e. The third-order valence-corrected chi connectivity index (χ3v) is 5.91. The summed E-state index contributed by atoms with van der Waals surface area (Å²) in [6.07, 6.45) is 1.17. The molecule has 4 rings (SSSR count). The second kappa shape index (κ2) is 10.5. The van der Waals surface area contributed by atoms with Crippen LogP contribution in [0, 0.1) is 24.0 Å². The summed E-state index contributed by atoms with van der Waals surface area (Å²) in [7, 11) is 0. The third-order valence-electron chi connectivity index (χ3n) is 5.91. The topological polar surface area (TPSA) is 56.1 Å². The van der Waals surface area contributed by atoms with Gasteiger partial charge in [0, 0.05) is 10.8 Å². The van der Waals surface area contributed by atoms with E-state index >= 15 is 0 Å². The number of rotatable bonds is 6. The van der Waals surface area contributed by atoms with Crippen LogP contribution in [0.2, 0.25) is 0 Å². The van der Waals surface area contributed by atoms with E-state index in [0.29, 0.717) is 5.75 Å². The largest absolute Gasteiger partial charge is 0.484 e. The van der Waals surface area contributed by atoms with Gasteiger partial charge in [-0.1, -0.05) is 34.3 Å². The van der Waals surface area contributed by atoms with Crippen LogP contribution in [0.15, 0.2) is 66.9 Å². The lowest BCUT2D eigenvalue weighted by atomic mass is 9.93. The molecule has 0 aliphatic carbocycles. The molecule has 0 saturated heterocycles. The van der Waals surface area contributed by atoms with Crippen LogP contribution in [0.1, 0.15) is 52.4 Å². The minimum atomic E-state index is -0.565. The van der Waals surface area contributed by atoms with Crippen molar-refractivity contribution >= 4 is 16.8 Å². The second-order valence-corrected chi connectivity index (χ2v) is 9.80. The molecule has 4 aromatic rings. The van der Waals surface area contributed by atoms with E-state index in [9.17, 15) is 13.6 Å². The summed E-state index contributed by atoms with van der Waals surface area (Å²) in [4.78, 5) is 12.7. The highest BCUT2D eigenvalue weighted by molar-refractivity contribution is 5.82. The molecule has 3 aromatic carbocycles. The summed E-state index contributed by atoms with van der Waals surface area (Å²) in [5.41, 5.74) is 2.54. The first-order chi connectivity index (χ1) is 16.5. The van der Waals surface area contributed by atoms with Gasteiger partial charge < -0.3 is 10.1 Å². The number of carbonyl (C=O) groups excluding carboxylic acids is 1. The highest BCUT2D eigenvalue weighted by Crippen LogP contribution is 2.31. The van der Waals surface area contributed by atoms with Gasteiger partial charge in [0.05, 0.1) is 23.4 Å². The first kappa shape index (κ1) is 26.9. The Morgan fingerprint density at radius 3 is 2.31 bits per heavy atom. The number of aromatic nitrogens is 2. The Bertz CT molecular complexity index is 1360. The van der Waals surface area contributed by atoms with Crippen molar-refractivity contribution in [3.8, 4) is 11.4 Å². The van der Waals surface area contributed by atoms with E-state index in [4.69, 9.17) is 4.74 Å². The van der Waals surface area contributed by atoms with Gasteiger partial charge in [0.2, 0.25) is 5.91 Å². The molecule has 0 saturated carbocycles. The number of fused-ring (bicyclic) bond motifs is 1. The Kier molecular flexibility index (Phi) is 7.82. The minimum absolute atomic E-state index is 0. The zero-order valence-corrected chi connectivity index (χ0v) is 20.5. The third kappa shape index (κ3) is 5.73. The maximum Gasteiger partial charge on any atom is 0.225 e. The predicted octanol–water partition coefficient (Wildman–Crippen LogP) is 6.92. The van der Waals surface area contributed by atoms with E-state index in [1.165, 1.54) is 24.3 Å². The van der Waals surface area contributed by atoms with E-state index < -0.39 is 11.5 Å². The second-order valence-electron chi connectivity index (χ2n) is 9.80. The van der Waals surface area contributed by atoms with E-state index in [2.05, 4.69) is 10.4 Å². The zero-order chi connectivity index (χ0) is 25.3. The first-order valence-corrected chi connectivity index (χ1v) is 11.5. The van der Waals surface area contributed by atoms with Crippen molar-refractivity contribution in [2.24, 2.45) is 5.41 Å². The van der Waals surface area contributed by atoms with Crippen molar-refractivity contribution in [3.05, 3.63) is 89.6 Å². The van der Waals surface area contributed by atoms with E-state index in [1.807, 2.05) is 52.8 Å². The number of amides is 1. The zero-order valence-electron chi connectivity index (χ0n) is 20.5. The van der Waals surface area contributed by atoms with Crippen LogP contribution in [-0.4, -0.2) is 21.7 Å². The molecule has 0 radical (unpaired) electrons. The quantitative estimate of drug-likeness (QED) is 0.317. The summed E-state index contributed by atoms with van der Waals surface area (Å²) >= 11 is 0. The standard InChI is InChI=1S/C28H29F2N3O2.CH4/c1-17-14-21(30)8-12-24(17)26(18(2)32-27(34)28(3,4)5)35-23-11-13-25-19(15-23)16-31-33(25)22-9-6-20(29)7-10-22;/h6-16,18,26H,1-5H3,(H,32,34);1H4/t18-,26-;/m0./s1. The van der Waals surface area contributed by atoms with Crippen molar-refractivity contribution < 1.29 is 18.3 Å². The summed E-state index contributed by atoms with van der Waals surface area (Å²) in [5, 5.41) is 8.32. The summed E-state index contributed by atoms with van der Waals surface area (Å²) in [6.45, 7) is 9.24. The predicted molar refractivity (Wildman–Crippen MR) is 139 cm³/mol. The van der Waals surface area contributed by atoms with Gasteiger partial charge in [0.15, 0.2) is 0 Å². The SMILES string of the molecule is C.Cc1cc(F)ccc1[C@@H](Oc1ccc2c(cnn2-c2ccc(F)cc2)c1)[C@H](C)NC(=O)C(C)(C)C. The van der Waals surface area contributed by atoms with Gasteiger partial charge in [0.1, 0.15) is 23.5 Å². The first-order valence-electron chi connectivity index (χ1n) is 11.5. The molecule has 36 heavy (non-hydrogen) atoms. The van der Waals surface area contributed by atoms with Crippen LogP contribution >= 0.6 is 0 Å². The van der Waals surface area contributed by atoms with Gasteiger partial charge in [0.25, 0.3) is 0 Å². The number of benzene rings is 3. The Morgan fingerprint density at radius 2 is 1.67 bits per heavy atom. The highest BCUT2D eigenvalue weighted by Gasteiger charge is 2.29. The Labute approximate surface area is 211 Å². The number of carbonyl (C=O) groups is 1. The number of hydrogen-bond acceptors (Lipinski definition) is 3. The molecule has 2 atom stereocenters. The molecule has 7 heteroatoms. The fraction of sp³-hybridized carbons (Fsp3) is 0.310. The average Bonchev–Trinajstić information content (AvgIpc) is 3.21. The van der Waals surface area contributed by atoms with Crippen molar-refractivity contribution in [2.75, 3.05) is 0 Å². The number of aryl methyl sites for hydroxylation is 1. The molecule has 1 heterocycles. The Hall–Kier alpha value is -3.74. The fourth-order valence-corrected chi connectivity index (χ4v) is 3.91. The number of nitrogens with zero attached hydrogens (tertiary/aromatic N) is 2. The van der Waals surface area contributed by atoms with Crippen molar-refractivity contribution in [2.45, 2.75) is 54.2 Å². The van der Waals surface area contributed by atoms with Gasteiger partial charge in [-0.25, -0.2) is 13.5 Å². The number of nitrogens with one attached hydrogen (secondary N) is 1. The molecule has 0 unspecified atom stereocenters. The van der Waals surface area contributed by atoms with Gasteiger partial charge in [-0.2, -0.15) is 5.10 Å². The lowest BCUT2D eigenvalue weighted by molar-refractivity contribution is -0.129. The van der Waals surface area contributed by atoms with Crippen LogP contribution in [0.3, 0.4) is 0 Å². The Morgan fingerprint density at radius 1 is 1.00 bits per heavy atom. The van der Waals surface area contributed by atoms with Crippen LogP contribution in [0.25, 0.3) is 16.6 Å².